The Labute approximate surface area is 112 Å². The molecule has 18 heavy (non-hydrogen) atoms. The Kier molecular flexibility index (Phi) is 6.69. The molecule has 0 aliphatic rings. The molecule has 1 heterocycles. The Morgan fingerprint density at radius 3 is 2.22 bits per heavy atom. The lowest BCUT2D eigenvalue weighted by molar-refractivity contribution is -0.111. The lowest BCUT2D eigenvalue weighted by Gasteiger charge is -1.92. The van der Waals surface area contributed by atoms with Crippen molar-refractivity contribution in [1.29, 1.82) is 0 Å². The number of pyridine rings is 1. The van der Waals surface area contributed by atoms with Crippen LogP contribution < -0.4 is 5.73 Å². The minimum absolute atomic E-state index is 0.314. The van der Waals surface area contributed by atoms with E-state index >= 15 is 0 Å². The van der Waals surface area contributed by atoms with Crippen LogP contribution in [-0.4, -0.2) is 10.2 Å². The molecule has 0 bridgehead atoms. The fourth-order valence-electron chi connectivity index (χ4n) is 1.28. The summed E-state index contributed by atoms with van der Waals surface area (Å²) in [5.41, 5.74) is 7.35. The Hall–Kier alpha value is -1.71. The van der Waals surface area contributed by atoms with Crippen molar-refractivity contribution in [3.63, 3.8) is 0 Å². The molecular formula is C14H15ClN2O. The Morgan fingerprint density at radius 2 is 1.78 bits per heavy atom. The average Bonchev–Trinajstić information content (AvgIpc) is 2.41. The van der Waals surface area contributed by atoms with E-state index < -0.39 is 0 Å². The van der Waals surface area contributed by atoms with Crippen molar-refractivity contribution in [2.75, 3.05) is 0 Å². The highest BCUT2D eigenvalue weighted by molar-refractivity contribution is 6.63. The SMILES string of the molecule is NCc1cccnc1.O=C(Cl)Cc1ccccc1. The summed E-state index contributed by atoms with van der Waals surface area (Å²) >= 11 is 5.17. The molecule has 1 aromatic heterocycles. The maximum Gasteiger partial charge on any atom is 0.226 e. The van der Waals surface area contributed by atoms with Crippen molar-refractivity contribution in [2.45, 2.75) is 13.0 Å². The standard InChI is InChI=1S/C8H7ClO.C6H8N2/c9-8(10)6-7-4-2-1-3-5-7;7-4-6-2-1-3-8-5-6/h1-5H,6H2;1-3,5H,4,7H2. The molecule has 0 aliphatic carbocycles. The van der Waals surface area contributed by atoms with Crippen molar-refractivity contribution >= 4 is 16.8 Å². The first-order chi connectivity index (χ1) is 8.72. The molecule has 0 amide bonds. The van der Waals surface area contributed by atoms with Gasteiger partial charge in [-0.25, -0.2) is 0 Å². The summed E-state index contributed by atoms with van der Waals surface area (Å²) in [6.07, 6.45) is 3.82. The first-order valence-electron chi connectivity index (χ1n) is 5.53. The third-order valence-electron chi connectivity index (χ3n) is 2.14. The average molecular weight is 263 g/mol. The lowest BCUT2D eigenvalue weighted by atomic mass is 10.2. The minimum Gasteiger partial charge on any atom is -0.326 e. The zero-order valence-electron chi connectivity index (χ0n) is 9.92. The molecule has 0 saturated carbocycles. The van der Waals surface area contributed by atoms with E-state index in [2.05, 4.69) is 4.98 Å². The largest absolute Gasteiger partial charge is 0.326 e. The van der Waals surface area contributed by atoms with Gasteiger partial charge in [-0.1, -0.05) is 36.4 Å². The van der Waals surface area contributed by atoms with Gasteiger partial charge in [0.05, 0.1) is 0 Å². The molecule has 0 atom stereocenters. The Morgan fingerprint density at radius 1 is 1.11 bits per heavy atom. The van der Waals surface area contributed by atoms with Crippen LogP contribution in [0.3, 0.4) is 0 Å². The molecule has 0 radical (unpaired) electrons. The third-order valence-corrected chi connectivity index (χ3v) is 2.28. The van der Waals surface area contributed by atoms with Crippen molar-refractivity contribution in [2.24, 2.45) is 5.73 Å². The fourth-order valence-corrected chi connectivity index (χ4v) is 1.43. The summed E-state index contributed by atoms with van der Waals surface area (Å²) in [6.45, 7) is 0.577. The zero-order chi connectivity index (χ0) is 13.2. The van der Waals surface area contributed by atoms with Crippen molar-refractivity contribution in [1.82, 2.24) is 4.98 Å². The maximum atomic E-state index is 10.4. The second-order valence-corrected chi connectivity index (χ2v) is 4.00. The van der Waals surface area contributed by atoms with Gasteiger partial charge in [-0.05, 0) is 28.8 Å². The van der Waals surface area contributed by atoms with Gasteiger partial charge in [-0.3, -0.25) is 9.78 Å². The van der Waals surface area contributed by atoms with Gasteiger partial charge in [-0.2, -0.15) is 0 Å². The van der Waals surface area contributed by atoms with E-state index in [1.54, 1.807) is 12.4 Å². The number of hydrogen-bond donors (Lipinski definition) is 1. The summed E-state index contributed by atoms with van der Waals surface area (Å²) in [4.78, 5) is 14.3. The van der Waals surface area contributed by atoms with Gasteiger partial charge >= 0.3 is 0 Å². The maximum absolute atomic E-state index is 10.4. The van der Waals surface area contributed by atoms with E-state index in [-0.39, 0.29) is 5.24 Å². The molecule has 0 unspecified atom stereocenters. The highest BCUT2D eigenvalue weighted by Crippen LogP contribution is 2.00. The van der Waals surface area contributed by atoms with Gasteiger partial charge in [0.2, 0.25) is 5.24 Å². The van der Waals surface area contributed by atoms with Gasteiger partial charge in [-0.15, -0.1) is 0 Å². The molecule has 0 spiro atoms. The number of halogens is 1. The van der Waals surface area contributed by atoms with Crippen LogP contribution >= 0.6 is 11.6 Å². The van der Waals surface area contributed by atoms with Crippen LogP contribution in [0.15, 0.2) is 54.9 Å². The molecule has 2 aromatic rings. The Bertz CT molecular complexity index is 460. The fraction of sp³-hybridized carbons (Fsp3) is 0.143. The van der Waals surface area contributed by atoms with Crippen LogP contribution in [0.4, 0.5) is 0 Å². The van der Waals surface area contributed by atoms with E-state index in [1.165, 1.54) is 0 Å². The summed E-state index contributed by atoms with van der Waals surface area (Å²) in [7, 11) is 0. The van der Waals surface area contributed by atoms with Crippen molar-refractivity contribution in [3.05, 3.63) is 66.0 Å². The summed E-state index contributed by atoms with van der Waals surface area (Å²) in [6, 6.07) is 13.3. The van der Waals surface area contributed by atoms with Crippen LogP contribution in [0.1, 0.15) is 11.1 Å². The van der Waals surface area contributed by atoms with Gasteiger partial charge in [0.15, 0.2) is 0 Å². The molecular weight excluding hydrogens is 248 g/mol. The number of hydrogen-bond acceptors (Lipinski definition) is 3. The molecule has 2 N–H and O–H groups in total. The number of nitrogens with two attached hydrogens (primary N) is 1. The van der Waals surface area contributed by atoms with Gasteiger partial charge < -0.3 is 5.73 Å². The second-order valence-electron chi connectivity index (χ2n) is 3.58. The minimum atomic E-state index is -0.314. The summed E-state index contributed by atoms with van der Waals surface area (Å²) in [5, 5.41) is -0.314. The van der Waals surface area contributed by atoms with Crippen LogP contribution in [0, 0.1) is 0 Å². The molecule has 4 heteroatoms. The van der Waals surface area contributed by atoms with Crippen molar-refractivity contribution < 1.29 is 4.79 Å². The topological polar surface area (TPSA) is 56.0 Å². The first kappa shape index (κ1) is 14.4. The van der Waals surface area contributed by atoms with E-state index in [0.717, 1.165) is 11.1 Å². The van der Waals surface area contributed by atoms with E-state index in [1.807, 2.05) is 42.5 Å². The second kappa shape index (κ2) is 8.39. The number of nitrogens with zero attached hydrogens (tertiary/aromatic N) is 1. The Balaban J connectivity index is 0.000000184. The van der Waals surface area contributed by atoms with Gasteiger partial charge in [0.1, 0.15) is 0 Å². The molecule has 0 aliphatic heterocycles. The van der Waals surface area contributed by atoms with E-state index in [0.29, 0.717) is 13.0 Å². The number of aromatic nitrogens is 1. The lowest BCUT2D eigenvalue weighted by Crippen LogP contribution is -1.95. The van der Waals surface area contributed by atoms with Crippen LogP contribution in [0.25, 0.3) is 0 Å². The quantitative estimate of drug-likeness (QED) is 0.865. The van der Waals surface area contributed by atoms with Gasteiger partial charge in [0.25, 0.3) is 0 Å². The van der Waals surface area contributed by atoms with Crippen molar-refractivity contribution in [3.8, 4) is 0 Å². The predicted octanol–water partition coefficient (Wildman–Crippen LogP) is 2.53. The molecule has 2 rings (SSSR count). The zero-order valence-corrected chi connectivity index (χ0v) is 10.7. The van der Waals surface area contributed by atoms with Crippen LogP contribution in [0.5, 0.6) is 0 Å². The normalized spacial score (nSPS) is 9.22. The van der Waals surface area contributed by atoms with Crippen LogP contribution in [-0.2, 0) is 17.8 Å². The van der Waals surface area contributed by atoms with E-state index in [4.69, 9.17) is 17.3 Å². The van der Waals surface area contributed by atoms with E-state index in [9.17, 15) is 4.79 Å². The summed E-state index contributed by atoms with van der Waals surface area (Å²) < 4.78 is 0. The predicted molar refractivity (Wildman–Crippen MR) is 73.1 cm³/mol. The summed E-state index contributed by atoms with van der Waals surface area (Å²) in [5.74, 6) is 0. The molecule has 3 nitrogen and oxygen atoms in total. The van der Waals surface area contributed by atoms with Gasteiger partial charge in [0, 0.05) is 25.4 Å². The van der Waals surface area contributed by atoms with Crippen LogP contribution in [0.2, 0.25) is 0 Å². The number of benzene rings is 1. The molecule has 0 fully saturated rings. The number of rotatable bonds is 3. The first-order valence-corrected chi connectivity index (χ1v) is 5.91. The molecule has 1 aromatic carbocycles. The number of carbonyl (C=O) groups is 1. The monoisotopic (exact) mass is 262 g/mol. The third kappa shape index (κ3) is 6.13. The number of carbonyl (C=O) groups excluding carboxylic acids is 1. The highest BCUT2D eigenvalue weighted by atomic mass is 35.5. The molecule has 0 saturated heterocycles. The highest BCUT2D eigenvalue weighted by Gasteiger charge is 1.96. The molecule has 94 valence electrons. The smallest absolute Gasteiger partial charge is 0.226 e.